The number of nitrogens with two attached hydrogens (primary N) is 2. The number of primary amides is 1. The number of ether oxygens (including phenoxy) is 1. The molecule has 4 N–H and O–H groups in total. The zero-order valence-electron chi connectivity index (χ0n) is 13.9. The molecule has 1 unspecified atom stereocenters. The maximum absolute atomic E-state index is 13.2. The fourth-order valence-corrected chi connectivity index (χ4v) is 3.67. The predicted molar refractivity (Wildman–Crippen MR) is 89.0 cm³/mol. The average molecular weight is 318 g/mol. The fraction of sp³-hybridized carbons (Fsp3) is 0.556. The van der Waals surface area contributed by atoms with Gasteiger partial charge in [0.05, 0.1) is 0 Å². The van der Waals surface area contributed by atoms with Gasteiger partial charge in [-0.15, -0.1) is 0 Å². The first-order valence-corrected chi connectivity index (χ1v) is 8.16. The van der Waals surface area contributed by atoms with Gasteiger partial charge in [-0.25, -0.2) is 4.79 Å². The third-order valence-corrected chi connectivity index (χ3v) is 5.01. The van der Waals surface area contributed by atoms with E-state index in [9.17, 15) is 9.59 Å². The first-order valence-electron chi connectivity index (χ1n) is 8.16. The Morgan fingerprint density at radius 3 is 2.17 bits per heavy atom. The van der Waals surface area contributed by atoms with Crippen LogP contribution in [0.25, 0.3) is 0 Å². The van der Waals surface area contributed by atoms with Crippen molar-refractivity contribution < 1.29 is 14.3 Å². The summed E-state index contributed by atoms with van der Waals surface area (Å²) in [6, 6.07) is 8.94. The van der Waals surface area contributed by atoms with E-state index >= 15 is 0 Å². The van der Waals surface area contributed by atoms with Crippen LogP contribution in [0.5, 0.6) is 0 Å². The van der Waals surface area contributed by atoms with Crippen LogP contribution in [0.3, 0.4) is 0 Å². The van der Waals surface area contributed by atoms with Crippen LogP contribution in [-0.2, 0) is 4.74 Å². The van der Waals surface area contributed by atoms with E-state index in [1.54, 1.807) is 38.1 Å². The van der Waals surface area contributed by atoms with E-state index < -0.39 is 17.2 Å². The van der Waals surface area contributed by atoms with Crippen molar-refractivity contribution in [3.8, 4) is 0 Å². The first-order chi connectivity index (χ1) is 10.8. The Morgan fingerprint density at radius 1 is 1.09 bits per heavy atom. The number of benzene rings is 1. The Kier molecular flexibility index (Phi) is 5.09. The molecule has 126 valence electrons. The molecule has 1 fully saturated rings. The van der Waals surface area contributed by atoms with Gasteiger partial charge in [-0.05, 0) is 32.6 Å². The Bertz CT molecular complexity index is 565. The van der Waals surface area contributed by atoms with Gasteiger partial charge in [-0.3, -0.25) is 4.79 Å². The third kappa shape index (κ3) is 3.39. The quantitative estimate of drug-likeness (QED) is 0.816. The average Bonchev–Trinajstić information content (AvgIpc) is 2.53. The van der Waals surface area contributed by atoms with Gasteiger partial charge in [-0.2, -0.15) is 0 Å². The zero-order chi connectivity index (χ0) is 17.1. The lowest BCUT2D eigenvalue weighted by atomic mass is 9.64. The summed E-state index contributed by atoms with van der Waals surface area (Å²) in [5, 5.41) is 0. The number of carbonyl (C=O) groups is 2. The smallest absolute Gasteiger partial charge is 0.405 e. The van der Waals surface area contributed by atoms with Crippen molar-refractivity contribution in [2.45, 2.75) is 57.1 Å². The molecular weight excluding hydrogens is 292 g/mol. The molecule has 1 atom stereocenters. The molecule has 0 heterocycles. The number of rotatable bonds is 5. The van der Waals surface area contributed by atoms with Crippen LogP contribution in [-0.4, -0.2) is 23.0 Å². The van der Waals surface area contributed by atoms with E-state index in [0.717, 1.165) is 32.1 Å². The van der Waals surface area contributed by atoms with Crippen LogP contribution in [0.4, 0.5) is 4.79 Å². The molecule has 0 spiro atoms. The SMILES string of the molecule is CC(C)(OC(N)=O)C(N)(C(=O)c1ccccc1)C1CCCCC1. The molecule has 1 amide bonds. The van der Waals surface area contributed by atoms with Crippen LogP contribution >= 0.6 is 0 Å². The molecule has 0 aromatic heterocycles. The molecule has 0 bridgehead atoms. The minimum absolute atomic E-state index is 0.0432. The lowest BCUT2D eigenvalue weighted by molar-refractivity contribution is -0.0351. The molecule has 0 radical (unpaired) electrons. The number of ketones is 1. The number of hydrogen-bond acceptors (Lipinski definition) is 4. The van der Waals surface area contributed by atoms with Crippen molar-refractivity contribution >= 4 is 11.9 Å². The molecule has 5 nitrogen and oxygen atoms in total. The van der Waals surface area contributed by atoms with Crippen molar-refractivity contribution in [1.29, 1.82) is 0 Å². The lowest BCUT2D eigenvalue weighted by Crippen LogP contribution is -2.69. The summed E-state index contributed by atoms with van der Waals surface area (Å²) in [5.41, 5.74) is 9.95. The van der Waals surface area contributed by atoms with E-state index in [1.807, 2.05) is 6.07 Å². The fourth-order valence-electron chi connectivity index (χ4n) is 3.67. The van der Waals surface area contributed by atoms with Crippen LogP contribution in [0.2, 0.25) is 0 Å². The van der Waals surface area contributed by atoms with Gasteiger partial charge in [0.25, 0.3) is 0 Å². The van der Waals surface area contributed by atoms with E-state index in [0.29, 0.717) is 5.56 Å². The van der Waals surface area contributed by atoms with Crippen molar-refractivity contribution in [3.05, 3.63) is 35.9 Å². The summed E-state index contributed by atoms with van der Waals surface area (Å²) in [6.07, 6.45) is 3.97. The maximum atomic E-state index is 13.2. The normalized spacial score (nSPS) is 18.9. The van der Waals surface area contributed by atoms with Gasteiger partial charge < -0.3 is 16.2 Å². The monoisotopic (exact) mass is 318 g/mol. The van der Waals surface area contributed by atoms with Gasteiger partial charge in [-0.1, -0.05) is 49.6 Å². The number of carbonyl (C=O) groups excluding carboxylic acids is 2. The summed E-state index contributed by atoms with van der Waals surface area (Å²) in [6.45, 7) is 3.35. The van der Waals surface area contributed by atoms with Crippen molar-refractivity contribution in [3.63, 3.8) is 0 Å². The van der Waals surface area contributed by atoms with Gasteiger partial charge in [0, 0.05) is 5.56 Å². The molecule has 1 aliphatic carbocycles. The van der Waals surface area contributed by atoms with Crippen LogP contribution < -0.4 is 11.5 Å². The molecule has 1 aromatic carbocycles. The maximum Gasteiger partial charge on any atom is 0.405 e. The van der Waals surface area contributed by atoms with Crippen LogP contribution in [0, 0.1) is 5.92 Å². The highest BCUT2D eigenvalue weighted by Gasteiger charge is 2.55. The molecular formula is C18H26N2O3. The highest BCUT2D eigenvalue weighted by molar-refractivity contribution is 6.04. The molecule has 1 aliphatic rings. The first kappa shape index (κ1) is 17.5. The minimum Gasteiger partial charge on any atom is -0.441 e. The summed E-state index contributed by atoms with van der Waals surface area (Å²) < 4.78 is 5.29. The van der Waals surface area contributed by atoms with Crippen LogP contribution in [0.1, 0.15) is 56.3 Å². The Labute approximate surface area is 137 Å². The second kappa shape index (κ2) is 6.71. The molecule has 5 heteroatoms. The summed E-state index contributed by atoms with van der Waals surface area (Å²) >= 11 is 0. The molecule has 0 aliphatic heterocycles. The Morgan fingerprint density at radius 2 is 1.65 bits per heavy atom. The van der Waals surface area contributed by atoms with Crippen molar-refractivity contribution in [2.75, 3.05) is 0 Å². The van der Waals surface area contributed by atoms with E-state index in [-0.39, 0.29) is 11.7 Å². The highest BCUT2D eigenvalue weighted by Crippen LogP contribution is 2.41. The van der Waals surface area contributed by atoms with Gasteiger partial charge in [0.15, 0.2) is 5.78 Å². The minimum atomic E-state index is -1.30. The van der Waals surface area contributed by atoms with Gasteiger partial charge in [0.1, 0.15) is 11.1 Å². The van der Waals surface area contributed by atoms with Crippen molar-refractivity contribution in [2.24, 2.45) is 17.4 Å². The van der Waals surface area contributed by atoms with E-state index in [1.165, 1.54) is 0 Å². The Balaban J connectivity index is 2.45. The van der Waals surface area contributed by atoms with Gasteiger partial charge in [0.2, 0.25) is 0 Å². The van der Waals surface area contributed by atoms with E-state index in [4.69, 9.17) is 16.2 Å². The molecule has 1 aromatic rings. The lowest BCUT2D eigenvalue weighted by Gasteiger charge is -2.47. The predicted octanol–water partition coefficient (Wildman–Crippen LogP) is 3.02. The summed E-state index contributed by atoms with van der Waals surface area (Å²) in [4.78, 5) is 24.6. The third-order valence-electron chi connectivity index (χ3n) is 5.01. The summed E-state index contributed by atoms with van der Waals surface area (Å²) in [5.74, 6) is -0.241. The molecule has 2 rings (SSSR count). The number of amides is 1. The van der Waals surface area contributed by atoms with Crippen molar-refractivity contribution in [1.82, 2.24) is 0 Å². The van der Waals surface area contributed by atoms with Crippen LogP contribution in [0.15, 0.2) is 30.3 Å². The Hall–Kier alpha value is -1.88. The van der Waals surface area contributed by atoms with E-state index in [2.05, 4.69) is 0 Å². The largest absolute Gasteiger partial charge is 0.441 e. The second-order valence-corrected chi connectivity index (χ2v) is 6.83. The second-order valence-electron chi connectivity index (χ2n) is 6.83. The number of Topliss-reactive ketones (excluding diaryl/α,β-unsaturated/α-hetero) is 1. The summed E-state index contributed by atoms with van der Waals surface area (Å²) in [7, 11) is 0. The highest BCUT2D eigenvalue weighted by atomic mass is 16.6. The molecule has 1 saturated carbocycles. The topological polar surface area (TPSA) is 95.4 Å². The number of hydrogen-bond donors (Lipinski definition) is 2. The molecule has 0 saturated heterocycles. The standard InChI is InChI=1S/C18H26N2O3/c1-17(2,23-16(19)22)18(20,14-11-7-4-8-12-14)15(21)13-9-5-3-6-10-13/h3,5-6,9-10,14H,4,7-8,11-12,20H2,1-2H3,(H2,19,22). The van der Waals surface area contributed by atoms with Gasteiger partial charge >= 0.3 is 6.09 Å². The zero-order valence-corrected chi connectivity index (χ0v) is 13.9. The molecule has 23 heavy (non-hydrogen) atoms.